The van der Waals surface area contributed by atoms with Crippen molar-refractivity contribution in [1.82, 2.24) is 15.1 Å². The largest absolute Gasteiger partial charge is 0.309 e. The molecule has 2 aromatic rings. The van der Waals surface area contributed by atoms with Gasteiger partial charge in [-0.2, -0.15) is 5.10 Å². The van der Waals surface area contributed by atoms with Crippen LogP contribution in [-0.4, -0.2) is 16.3 Å². The number of aryl methyl sites for hydroxylation is 2. The Bertz CT molecular complexity index is 488. The van der Waals surface area contributed by atoms with Gasteiger partial charge in [0.15, 0.2) is 0 Å². The van der Waals surface area contributed by atoms with E-state index in [2.05, 4.69) is 49.4 Å². The van der Waals surface area contributed by atoms with Crippen LogP contribution in [0.4, 0.5) is 0 Å². The molecule has 0 saturated heterocycles. The van der Waals surface area contributed by atoms with Gasteiger partial charge < -0.3 is 5.32 Å². The number of likely N-dealkylation sites (N-methyl/N-ethyl adjacent to an activating group) is 1. The molecule has 1 atom stereocenters. The van der Waals surface area contributed by atoms with Gasteiger partial charge in [0.2, 0.25) is 0 Å². The van der Waals surface area contributed by atoms with Crippen molar-refractivity contribution in [3.63, 3.8) is 0 Å². The molecule has 3 nitrogen and oxygen atoms in total. The van der Waals surface area contributed by atoms with Crippen LogP contribution in [0.1, 0.15) is 29.7 Å². The first-order valence-corrected chi connectivity index (χ1v) is 6.48. The van der Waals surface area contributed by atoms with Crippen molar-refractivity contribution in [2.24, 2.45) is 0 Å². The smallest absolute Gasteiger partial charge is 0.0604 e. The molecule has 3 heteroatoms. The van der Waals surface area contributed by atoms with Crippen LogP contribution in [0, 0.1) is 13.8 Å². The molecule has 0 aliphatic heterocycles. The Kier molecular flexibility index (Phi) is 4.15. The summed E-state index contributed by atoms with van der Waals surface area (Å²) in [5.74, 6) is 0. The monoisotopic (exact) mass is 243 g/mol. The minimum atomic E-state index is 0.315. The second kappa shape index (κ2) is 5.83. The molecule has 1 heterocycles. The third-order valence-electron chi connectivity index (χ3n) is 3.19. The fraction of sp³-hybridized carbons (Fsp3) is 0.400. The first-order chi connectivity index (χ1) is 8.70. The van der Waals surface area contributed by atoms with E-state index in [0.29, 0.717) is 6.04 Å². The normalized spacial score (nSPS) is 12.6. The van der Waals surface area contributed by atoms with Crippen LogP contribution in [0.5, 0.6) is 0 Å². The number of rotatable bonds is 5. The molecule has 0 saturated carbocycles. The Morgan fingerprint density at radius 2 is 2.17 bits per heavy atom. The molecule has 0 fully saturated rings. The van der Waals surface area contributed by atoms with Crippen molar-refractivity contribution in [2.45, 2.75) is 33.4 Å². The van der Waals surface area contributed by atoms with Crippen molar-refractivity contribution in [2.75, 3.05) is 6.54 Å². The Hall–Kier alpha value is -1.61. The van der Waals surface area contributed by atoms with E-state index in [1.165, 1.54) is 16.7 Å². The van der Waals surface area contributed by atoms with Gasteiger partial charge in [-0.15, -0.1) is 0 Å². The van der Waals surface area contributed by atoms with Crippen molar-refractivity contribution in [3.05, 3.63) is 53.3 Å². The topological polar surface area (TPSA) is 29.9 Å². The van der Waals surface area contributed by atoms with E-state index in [1.54, 1.807) is 0 Å². The molecule has 1 aromatic carbocycles. The molecule has 1 aromatic heterocycles. The maximum Gasteiger partial charge on any atom is 0.0604 e. The van der Waals surface area contributed by atoms with E-state index in [1.807, 2.05) is 23.1 Å². The highest BCUT2D eigenvalue weighted by atomic mass is 15.3. The lowest BCUT2D eigenvalue weighted by Crippen LogP contribution is -2.26. The molecule has 0 radical (unpaired) electrons. The maximum absolute atomic E-state index is 4.29. The Balaban J connectivity index is 2.26. The highest BCUT2D eigenvalue weighted by molar-refractivity contribution is 5.33. The molecular weight excluding hydrogens is 222 g/mol. The number of aromatic nitrogens is 2. The van der Waals surface area contributed by atoms with Crippen molar-refractivity contribution >= 4 is 0 Å². The minimum Gasteiger partial charge on any atom is -0.309 e. The van der Waals surface area contributed by atoms with Crippen molar-refractivity contribution in [3.8, 4) is 0 Å². The summed E-state index contributed by atoms with van der Waals surface area (Å²) in [6.45, 7) is 8.27. The summed E-state index contributed by atoms with van der Waals surface area (Å²) in [4.78, 5) is 0. The fourth-order valence-electron chi connectivity index (χ4n) is 2.25. The van der Waals surface area contributed by atoms with Gasteiger partial charge in [-0.3, -0.25) is 4.68 Å². The summed E-state index contributed by atoms with van der Waals surface area (Å²) in [6, 6.07) is 8.90. The molecule has 0 aliphatic rings. The van der Waals surface area contributed by atoms with Crippen LogP contribution in [0.15, 0.2) is 36.7 Å². The molecule has 0 spiro atoms. The average molecular weight is 243 g/mol. The molecule has 18 heavy (non-hydrogen) atoms. The van der Waals surface area contributed by atoms with E-state index >= 15 is 0 Å². The lowest BCUT2D eigenvalue weighted by Gasteiger charge is -2.21. The fourth-order valence-corrected chi connectivity index (χ4v) is 2.25. The summed E-state index contributed by atoms with van der Waals surface area (Å²) in [5, 5.41) is 7.84. The van der Waals surface area contributed by atoms with Crippen LogP contribution in [0.25, 0.3) is 0 Å². The second-order valence-corrected chi connectivity index (χ2v) is 4.70. The summed E-state index contributed by atoms with van der Waals surface area (Å²) < 4.78 is 1.98. The lowest BCUT2D eigenvalue weighted by atomic mass is 9.99. The molecule has 0 bridgehead atoms. The molecular formula is C15H21N3. The SMILES string of the molecule is CCNC(Cn1cccn1)c1cc(C)ccc1C. The zero-order chi connectivity index (χ0) is 13.0. The summed E-state index contributed by atoms with van der Waals surface area (Å²) in [6.07, 6.45) is 3.83. The highest BCUT2D eigenvalue weighted by Crippen LogP contribution is 2.20. The number of hydrogen-bond acceptors (Lipinski definition) is 2. The Morgan fingerprint density at radius 1 is 1.33 bits per heavy atom. The second-order valence-electron chi connectivity index (χ2n) is 4.70. The lowest BCUT2D eigenvalue weighted by molar-refractivity contribution is 0.446. The molecule has 1 N–H and O–H groups in total. The standard InChI is InChI=1S/C15H21N3/c1-4-16-15(11-18-9-5-8-17-18)14-10-12(2)6-7-13(14)3/h5-10,15-16H,4,11H2,1-3H3. The van der Waals surface area contributed by atoms with Gasteiger partial charge in [-0.25, -0.2) is 0 Å². The van der Waals surface area contributed by atoms with E-state index in [0.717, 1.165) is 13.1 Å². The highest BCUT2D eigenvalue weighted by Gasteiger charge is 2.13. The predicted molar refractivity (Wildman–Crippen MR) is 74.6 cm³/mol. The van der Waals surface area contributed by atoms with Gasteiger partial charge >= 0.3 is 0 Å². The average Bonchev–Trinajstić information content (AvgIpc) is 2.85. The summed E-state index contributed by atoms with van der Waals surface area (Å²) in [5.41, 5.74) is 4.00. The van der Waals surface area contributed by atoms with E-state index in [4.69, 9.17) is 0 Å². The number of nitrogens with one attached hydrogen (secondary N) is 1. The zero-order valence-electron chi connectivity index (χ0n) is 11.4. The molecule has 2 rings (SSSR count). The van der Waals surface area contributed by atoms with Gasteiger partial charge in [0.1, 0.15) is 0 Å². The van der Waals surface area contributed by atoms with Crippen LogP contribution in [0.2, 0.25) is 0 Å². The number of hydrogen-bond donors (Lipinski definition) is 1. The predicted octanol–water partition coefficient (Wildman–Crippen LogP) is 2.85. The third-order valence-corrected chi connectivity index (χ3v) is 3.19. The van der Waals surface area contributed by atoms with Gasteiger partial charge in [0.05, 0.1) is 12.6 Å². The summed E-state index contributed by atoms with van der Waals surface area (Å²) >= 11 is 0. The molecule has 1 unspecified atom stereocenters. The molecule has 96 valence electrons. The van der Waals surface area contributed by atoms with Gasteiger partial charge in [0, 0.05) is 12.4 Å². The molecule has 0 aliphatic carbocycles. The van der Waals surface area contributed by atoms with Gasteiger partial charge in [0.25, 0.3) is 0 Å². The van der Waals surface area contributed by atoms with Crippen molar-refractivity contribution in [1.29, 1.82) is 0 Å². The van der Waals surface area contributed by atoms with E-state index < -0.39 is 0 Å². The van der Waals surface area contributed by atoms with Crippen LogP contribution in [-0.2, 0) is 6.54 Å². The zero-order valence-corrected chi connectivity index (χ0v) is 11.4. The van der Waals surface area contributed by atoms with Crippen LogP contribution < -0.4 is 5.32 Å². The molecule has 0 amide bonds. The van der Waals surface area contributed by atoms with Crippen molar-refractivity contribution < 1.29 is 0 Å². The van der Waals surface area contributed by atoms with E-state index in [-0.39, 0.29) is 0 Å². The van der Waals surface area contributed by atoms with Gasteiger partial charge in [-0.05, 0) is 37.6 Å². The first-order valence-electron chi connectivity index (χ1n) is 6.48. The van der Waals surface area contributed by atoms with Crippen LogP contribution in [0.3, 0.4) is 0 Å². The number of benzene rings is 1. The third kappa shape index (κ3) is 2.99. The first kappa shape index (κ1) is 12.8. The maximum atomic E-state index is 4.29. The Labute approximate surface area is 109 Å². The minimum absolute atomic E-state index is 0.315. The van der Waals surface area contributed by atoms with Gasteiger partial charge in [-0.1, -0.05) is 30.7 Å². The summed E-state index contributed by atoms with van der Waals surface area (Å²) in [7, 11) is 0. The van der Waals surface area contributed by atoms with E-state index in [9.17, 15) is 0 Å². The quantitative estimate of drug-likeness (QED) is 0.875. The van der Waals surface area contributed by atoms with Crippen LogP contribution >= 0.6 is 0 Å². The Morgan fingerprint density at radius 3 is 2.83 bits per heavy atom. The number of nitrogens with zero attached hydrogens (tertiary/aromatic N) is 2.